The van der Waals surface area contributed by atoms with Gasteiger partial charge in [-0.2, -0.15) is 0 Å². The van der Waals surface area contributed by atoms with Crippen LogP contribution in [0.3, 0.4) is 0 Å². The molecular formula is C10H16N4O. The predicted octanol–water partition coefficient (Wildman–Crippen LogP) is 0.600. The van der Waals surface area contributed by atoms with Crippen LogP contribution in [0, 0.1) is 0 Å². The molecule has 5 heteroatoms. The summed E-state index contributed by atoms with van der Waals surface area (Å²) in [5.74, 6) is 0.431. The van der Waals surface area contributed by atoms with E-state index in [1.165, 1.54) is 0 Å². The van der Waals surface area contributed by atoms with E-state index < -0.39 is 0 Å². The summed E-state index contributed by atoms with van der Waals surface area (Å²) in [6, 6.07) is 3.19. The summed E-state index contributed by atoms with van der Waals surface area (Å²) in [6.07, 6.45) is 1.60. The zero-order valence-corrected chi connectivity index (χ0v) is 8.95. The number of pyridine rings is 1. The van der Waals surface area contributed by atoms with E-state index in [0.717, 1.165) is 5.69 Å². The van der Waals surface area contributed by atoms with E-state index in [0.29, 0.717) is 12.4 Å². The number of anilines is 2. The molecule has 1 rings (SSSR count). The van der Waals surface area contributed by atoms with Crippen LogP contribution >= 0.6 is 0 Å². The van der Waals surface area contributed by atoms with Crippen LogP contribution in [0.2, 0.25) is 0 Å². The van der Waals surface area contributed by atoms with Gasteiger partial charge in [0.2, 0.25) is 5.91 Å². The maximum Gasteiger partial charge on any atom is 0.242 e. The Morgan fingerprint density at radius 2 is 2.33 bits per heavy atom. The lowest BCUT2D eigenvalue weighted by Gasteiger charge is -2.14. The number of nitrogens with zero attached hydrogens (tertiary/aromatic N) is 1. The number of hydrogen-bond donors (Lipinski definition) is 3. The van der Waals surface area contributed by atoms with Crippen molar-refractivity contribution in [1.29, 1.82) is 0 Å². The van der Waals surface area contributed by atoms with Crippen molar-refractivity contribution in [3.8, 4) is 0 Å². The first-order valence-electron chi connectivity index (χ1n) is 4.89. The van der Waals surface area contributed by atoms with Gasteiger partial charge in [0.1, 0.15) is 11.9 Å². The fourth-order valence-corrected chi connectivity index (χ4v) is 1.13. The van der Waals surface area contributed by atoms with E-state index in [9.17, 15) is 4.79 Å². The molecule has 0 saturated carbocycles. The molecule has 0 aliphatic heterocycles. The molecule has 4 N–H and O–H groups in total. The van der Waals surface area contributed by atoms with Crippen molar-refractivity contribution in [2.24, 2.45) is 0 Å². The Morgan fingerprint density at radius 1 is 1.60 bits per heavy atom. The first-order valence-corrected chi connectivity index (χ1v) is 4.89. The molecule has 1 unspecified atom stereocenters. The van der Waals surface area contributed by atoms with Gasteiger partial charge < -0.3 is 16.4 Å². The van der Waals surface area contributed by atoms with Gasteiger partial charge in [-0.15, -0.1) is 0 Å². The van der Waals surface area contributed by atoms with Crippen LogP contribution in [0.1, 0.15) is 13.8 Å². The molecule has 15 heavy (non-hydrogen) atoms. The van der Waals surface area contributed by atoms with Crippen molar-refractivity contribution in [1.82, 2.24) is 10.3 Å². The minimum atomic E-state index is -0.282. The average molecular weight is 208 g/mol. The van der Waals surface area contributed by atoms with E-state index in [4.69, 9.17) is 5.73 Å². The number of carbonyl (C=O) groups excluding carboxylic acids is 1. The molecule has 1 aromatic rings. The van der Waals surface area contributed by atoms with E-state index in [1.54, 1.807) is 25.3 Å². The van der Waals surface area contributed by atoms with E-state index in [-0.39, 0.29) is 11.9 Å². The summed E-state index contributed by atoms with van der Waals surface area (Å²) in [7, 11) is 0. The first-order chi connectivity index (χ1) is 7.13. The van der Waals surface area contributed by atoms with Crippen LogP contribution in [0.15, 0.2) is 18.3 Å². The van der Waals surface area contributed by atoms with Crippen molar-refractivity contribution < 1.29 is 4.79 Å². The van der Waals surface area contributed by atoms with E-state index >= 15 is 0 Å². The highest BCUT2D eigenvalue weighted by molar-refractivity contribution is 5.84. The lowest BCUT2D eigenvalue weighted by Crippen LogP contribution is -2.37. The molecule has 1 heterocycles. The Morgan fingerprint density at radius 3 is 2.87 bits per heavy atom. The summed E-state index contributed by atoms with van der Waals surface area (Å²) in [6.45, 7) is 4.31. The third-order valence-corrected chi connectivity index (χ3v) is 1.91. The maximum atomic E-state index is 11.4. The van der Waals surface area contributed by atoms with Crippen molar-refractivity contribution in [2.45, 2.75) is 19.9 Å². The Hall–Kier alpha value is -1.78. The van der Waals surface area contributed by atoms with Crippen LogP contribution in [0.5, 0.6) is 0 Å². The molecule has 0 aliphatic rings. The SMILES string of the molecule is CCNC(=O)C(C)Nc1ccc(N)nc1. The third kappa shape index (κ3) is 3.46. The lowest BCUT2D eigenvalue weighted by atomic mass is 10.3. The summed E-state index contributed by atoms with van der Waals surface area (Å²) in [5.41, 5.74) is 6.23. The van der Waals surface area contributed by atoms with Gasteiger partial charge in [0.05, 0.1) is 11.9 Å². The standard InChI is InChI=1S/C10H16N4O/c1-3-12-10(15)7(2)14-8-4-5-9(11)13-6-8/h4-7,14H,3H2,1-2H3,(H2,11,13)(H,12,15). The van der Waals surface area contributed by atoms with Gasteiger partial charge in [0, 0.05) is 6.54 Å². The molecule has 0 bridgehead atoms. The van der Waals surface area contributed by atoms with Crippen LogP contribution < -0.4 is 16.4 Å². The Balaban J connectivity index is 2.54. The highest BCUT2D eigenvalue weighted by atomic mass is 16.2. The number of nitrogens with one attached hydrogen (secondary N) is 2. The average Bonchev–Trinajstić information content (AvgIpc) is 2.22. The molecule has 1 atom stereocenters. The number of rotatable bonds is 4. The Bertz CT molecular complexity index is 323. The number of nitrogen functional groups attached to an aromatic ring is 1. The maximum absolute atomic E-state index is 11.4. The highest BCUT2D eigenvalue weighted by Gasteiger charge is 2.10. The number of carbonyl (C=O) groups is 1. The van der Waals surface area contributed by atoms with Crippen molar-refractivity contribution in [2.75, 3.05) is 17.6 Å². The van der Waals surface area contributed by atoms with Crippen molar-refractivity contribution in [3.63, 3.8) is 0 Å². The monoisotopic (exact) mass is 208 g/mol. The van der Waals surface area contributed by atoms with Gasteiger partial charge in [0.25, 0.3) is 0 Å². The molecule has 0 aromatic carbocycles. The van der Waals surface area contributed by atoms with Crippen molar-refractivity contribution >= 4 is 17.4 Å². The molecule has 0 fully saturated rings. The molecule has 0 aliphatic carbocycles. The topological polar surface area (TPSA) is 80.0 Å². The summed E-state index contributed by atoms with van der Waals surface area (Å²) in [5, 5.41) is 5.75. The smallest absolute Gasteiger partial charge is 0.242 e. The van der Waals surface area contributed by atoms with Gasteiger partial charge >= 0.3 is 0 Å². The fourth-order valence-electron chi connectivity index (χ4n) is 1.13. The van der Waals surface area contributed by atoms with Crippen LogP contribution in [-0.2, 0) is 4.79 Å². The minimum absolute atomic E-state index is 0.0330. The van der Waals surface area contributed by atoms with Gasteiger partial charge in [-0.05, 0) is 26.0 Å². The number of hydrogen-bond acceptors (Lipinski definition) is 4. The zero-order valence-electron chi connectivity index (χ0n) is 8.95. The first kappa shape index (κ1) is 11.3. The number of nitrogens with two attached hydrogens (primary N) is 1. The van der Waals surface area contributed by atoms with Gasteiger partial charge in [0.15, 0.2) is 0 Å². The number of aromatic nitrogens is 1. The van der Waals surface area contributed by atoms with Gasteiger partial charge in [-0.1, -0.05) is 0 Å². The van der Waals surface area contributed by atoms with E-state index in [1.807, 2.05) is 6.92 Å². The molecule has 5 nitrogen and oxygen atoms in total. The van der Waals surface area contributed by atoms with Gasteiger partial charge in [-0.25, -0.2) is 4.98 Å². The zero-order chi connectivity index (χ0) is 11.3. The number of amides is 1. The third-order valence-electron chi connectivity index (χ3n) is 1.91. The molecular weight excluding hydrogens is 192 g/mol. The van der Waals surface area contributed by atoms with E-state index in [2.05, 4.69) is 15.6 Å². The summed E-state index contributed by atoms with van der Waals surface area (Å²) in [4.78, 5) is 15.3. The molecule has 0 spiro atoms. The highest BCUT2D eigenvalue weighted by Crippen LogP contribution is 2.08. The van der Waals surface area contributed by atoms with Crippen LogP contribution in [0.25, 0.3) is 0 Å². The largest absolute Gasteiger partial charge is 0.384 e. The second-order valence-electron chi connectivity index (χ2n) is 3.23. The summed E-state index contributed by atoms with van der Waals surface area (Å²) < 4.78 is 0. The second kappa shape index (κ2) is 5.19. The molecule has 82 valence electrons. The molecule has 1 aromatic heterocycles. The van der Waals surface area contributed by atoms with Crippen LogP contribution in [0.4, 0.5) is 11.5 Å². The molecule has 1 amide bonds. The quantitative estimate of drug-likeness (QED) is 0.677. The Kier molecular flexibility index (Phi) is 3.91. The predicted molar refractivity (Wildman–Crippen MR) is 60.4 cm³/mol. The normalized spacial score (nSPS) is 11.9. The minimum Gasteiger partial charge on any atom is -0.384 e. The molecule has 0 saturated heterocycles. The van der Waals surface area contributed by atoms with Gasteiger partial charge in [-0.3, -0.25) is 4.79 Å². The lowest BCUT2D eigenvalue weighted by molar-refractivity contribution is -0.121. The summed E-state index contributed by atoms with van der Waals surface area (Å²) >= 11 is 0. The van der Waals surface area contributed by atoms with Crippen molar-refractivity contribution in [3.05, 3.63) is 18.3 Å². The molecule has 0 radical (unpaired) electrons. The van der Waals surface area contributed by atoms with Crippen LogP contribution in [-0.4, -0.2) is 23.5 Å². The number of likely N-dealkylation sites (N-methyl/N-ethyl adjacent to an activating group) is 1. The Labute approximate surface area is 89.1 Å². The fraction of sp³-hybridized carbons (Fsp3) is 0.400. The second-order valence-corrected chi connectivity index (χ2v) is 3.23.